The summed E-state index contributed by atoms with van der Waals surface area (Å²) in [6.07, 6.45) is 5.11. The Morgan fingerprint density at radius 1 is 1.15 bits per heavy atom. The zero-order valence-electron chi connectivity index (χ0n) is 12.0. The molecule has 2 aromatic rings. The van der Waals surface area contributed by atoms with E-state index in [0.717, 1.165) is 22.5 Å². The Morgan fingerprint density at radius 2 is 1.90 bits per heavy atom. The standard InChI is InChI=1S/C16H20ClN3/c1-11-6-5-7-12(10-11)20(2)16-14-9-4-3-8-13(14)15(17)18-19-16/h3-4,8-9,11-12H,5-7,10H2,1-2H3. The van der Waals surface area contributed by atoms with Crippen molar-refractivity contribution in [3.8, 4) is 0 Å². The van der Waals surface area contributed by atoms with E-state index in [2.05, 4.69) is 35.1 Å². The van der Waals surface area contributed by atoms with Crippen LogP contribution in [0.15, 0.2) is 24.3 Å². The van der Waals surface area contributed by atoms with Crippen LogP contribution in [0.3, 0.4) is 0 Å². The lowest BCUT2D eigenvalue weighted by molar-refractivity contribution is 0.335. The van der Waals surface area contributed by atoms with E-state index in [1.54, 1.807) is 0 Å². The van der Waals surface area contributed by atoms with E-state index >= 15 is 0 Å². The summed E-state index contributed by atoms with van der Waals surface area (Å²) >= 11 is 6.15. The molecule has 1 saturated carbocycles. The third-order valence-electron chi connectivity index (χ3n) is 4.41. The highest BCUT2D eigenvalue weighted by molar-refractivity contribution is 6.34. The van der Waals surface area contributed by atoms with Crippen LogP contribution in [0, 0.1) is 5.92 Å². The lowest BCUT2D eigenvalue weighted by Gasteiger charge is -2.35. The second kappa shape index (κ2) is 5.57. The highest BCUT2D eigenvalue weighted by Crippen LogP contribution is 2.33. The largest absolute Gasteiger partial charge is 0.355 e. The Balaban J connectivity index is 1.99. The number of aromatic nitrogens is 2. The van der Waals surface area contributed by atoms with Gasteiger partial charge < -0.3 is 4.90 Å². The Kier molecular flexibility index (Phi) is 3.79. The molecule has 0 aliphatic heterocycles. The minimum Gasteiger partial charge on any atom is -0.355 e. The summed E-state index contributed by atoms with van der Waals surface area (Å²) in [6, 6.07) is 8.66. The predicted octanol–water partition coefficient (Wildman–Crippen LogP) is 4.30. The number of halogens is 1. The van der Waals surface area contributed by atoms with Gasteiger partial charge in [0.05, 0.1) is 0 Å². The third-order valence-corrected chi connectivity index (χ3v) is 4.69. The van der Waals surface area contributed by atoms with E-state index in [-0.39, 0.29) is 0 Å². The first-order chi connectivity index (χ1) is 9.66. The van der Waals surface area contributed by atoms with Crippen molar-refractivity contribution >= 4 is 28.2 Å². The van der Waals surface area contributed by atoms with E-state index in [4.69, 9.17) is 11.6 Å². The second-order valence-corrected chi connectivity index (χ2v) is 6.25. The maximum Gasteiger partial charge on any atom is 0.159 e. The van der Waals surface area contributed by atoms with Crippen molar-refractivity contribution in [1.29, 1.82) is 0 Å². The number of benzene rings is 1. The van der Waals surface area contributed by atoms with Gasteiger partial charge in [-0.25, -0.2) is 0 Å². The molecule has 1 aromatic heterocycles. The molecular weight excluding hydrogens is 270 g/mol. The third kappa shape index (κ3) is 2.47. The van der Waals surface area contributed by atoms with Gasteiger partial charge in [-0.2, -0.15) is 0 Å². The van der Waals surface area contributed by atoms with Crippen molar-refractivity contribution in [2.24, 2.45) is 5.92 Å². The fourth-order valence-corrected chi connectivity index (χ4v) is 3.45. The van der Waals surface area contributed by atoms with Gasteiger partial charge in [-0.1, -0.05) is 55.6 Å². The Bertz CT molecular complexity index is 614. The average Bonchev–Trinajstić information content (AvgIpc) is 2.47. The fourth-order valence-electron chi connectivity index (χ4n) is 3.24. The first-order valence-corrected chi connectivity index (χ1v) is 7.68. The highest BCUT2D eigenvalue weighted by Gasteiger charge is 2.24. The molecule has 3 rings (SSSR count). The quantitative estimate of drug-likeness (QED) is 0.825. The van der Waals surface area contributed by atoms with Crippen molar-refractivity contribution in [3.63, 3.8) is 0 Å². The van der Waals surface area contributed by atoms with Crippen LogP contribution in [-0.4, -0.2) is 23.3 Å². The maximum absolute atomic E-state index is 6.15. The summed E-state index contributed by atoms with van der Waals surface area (Å²) in [5, 5.41) is 11.0. The summed E-state index contributed by atoms with van der Waals surface area (Å²) in [6.45, 7) is 2.34. The summed E-state index contributed by atoms with van der Waals surface area (Å²) in [7, 11) is 2.13. The first kappa shape index (κ1) is 13.6. The van der Waals surface area contributed by atoms with Crippen molar-refractivity contribution in [3.05, 3.63) is 29.4 Å². The molecule has 0 radical (unpaired) electrons. The molecule has 1 aliphatic rings. The molecule has 4 heteroatoms. The van der Waals surface area contributed by atoms with Crippen LogP contribution in [0.25, 0.3) is 10.8 Å². The summed E-state index contributed by atoms with van der Waals surface area (Å²) in [5.74, 6) is 1.74. The van der Waals surface area contributed by atoms with Crippen LogP contribution in [0.5, 0.6) is 0 Å². The Labute approximate surface area is 124 Å². The molecule has 2 atom stereocenters. The van der Waals surface area contributed by atoms with Crippen molar-refractivity contribution in [1.82, 2.24) is 10.2 Å². The molecule has 0 amide bonds. The minimum absolute atomic E-state index is 0.481. The van der Waals surface area contributed by atoms with Gasteiger partial charge >= 0.3 is 0 Å². The Morgan fingerprint density at radius 3 is 2.65 bits per heavy atom. The molecule has 1 aliphatic carbocycles. The van der Waals surface area contributed by atoms with Crippen LogP contribution in [0.4, 0.5) is 5.82 Å². The van der Waals surface area contributed by atoms with Gasteiger partial charge in [0.15, 0.2) is 11.0 Å². The molecule has 106 valence electrons. The monoisotopic (exact) mass is 289 g/mol. The van der Waals surface area contributed by atoms with E-state index in [9.17, 15) is 0 Å². The van der Waals surface area contributed by atoms with Crippen LogP contribution < -0.4 is 4.90 Å². The fraction of sp³-hybridized carbons (Fsp3) is 0.500. The lowest BCUT2D eigenvalue weighted by Crippen LogP contribution is -2.36. The summed E-state index contributed by atoms with van der Waals surface area (Å²) in [4.78, 5) is 2.29. The molecule has 0 saturated heterocycles. The maximum atomic E-state index is 6.15. The molecule has 1 heterocycles. The van der Waals surface area contributed by atoms with E-state index < -0.39 is 0 Å². The van der Waals surface area contributed by atoms with Gasteiger partial charge in [-0.15, -0.1) is 10.2 Å². The smallest absolute Gasteiger partial charge is 0.159 e. The number of hydrogen-bond donors (Lipinski definition) is 0. The minimum atomic E-state index is 0.481. The lowest BCUT2D eigenvalue weighted by atomic mass is 9.86. The zero-order chi connectivity index (χ0) is 14.1. The molecule has 0 N–H and O–H groups in total. The molecule has 1 aromatic carbocycles. The van der Waals surface area contributed by atoms with Crippen molar-refractivity contribution in [2.45, 2.75) is 38.6 Å². The van der Waals surface area contributed by atoms with E-state index in [1.807, 2.05) is 18.2 Å². The second-order valence-electron chi connectivity index (χ2n) is 5.90. The van der Waals surface area contributed by atoms with Crippen LogP contribution in [-0.2, 0) is 0 Å². The molecule has 20 heavy (non-hydrogen) atoms. The van der Waals surface area contributed by atoms with Gasteiger partial charge in [-0.05, 0) is 18.8 Å². The van der Waals surface area contributed by atoms with Gasteiger partial charge in [0.2, 0.25) is 0 Å². The number of rotatable bonds is 2. The summed E-state index contributed by atoms with van der Waals surface area (Å²) in [5.41, 5.74) is 0. The topological polar surface area (TPSA) is 29.0 Å². The number of fused-ring (bicyclic) bond motifs is 1. The van der Waals surface area contributed by atoms with Crippen LogP contribution >= 0.6 is 11.6 Å². The first-order valence-electron chi connectivity index (χ1n) is 7.30. The van der Waals surface area contributed by atoms with E-state index in [1.165, 1.54) is 25.7 Å². The molecule has 1 fully saturated rings. The van der Waals surface area contributed by atoms with Crippen molar-refractivity contribution < 1.29 is 0 Å². The number of hydrogen-bond acceptors (Lipinski definition) is 3. The highest BCUT2D eigenvalue weighted by atomic mass is 35.5. The van der Waals surface area contributed by atoms with Crippen molar-refractivity contribution in [2.75, 3.05) is 11.9 Å². The normalized spacial score (nSPS) is 22.9. The van der Waals surface area contributed by atoms with Gasteiger partial charge in [0.25, 0.3) is 0 Å². The number of anilines is 1. The Hall–Kier alpha value is -1.35. The zero-order valence-corrected chi connectivity index (χ0v) is 12.8. The SMILES string of the molecule is CC1CCCC(N(C)c2nnc(Cl)c3ccccc23)C1. The molecule has 0 bridgehead atoms. The van der Waals surface area contributed by atoms with E-state index in [0.29, 0.717) is 11.2 Å². The molecule has 2 unspecified atom stereocenters. The van der Waals surface area contributed by atoms with Gasteiger partial charge in [-0.3, -0.25) is 0 Å². The summed E-state index contributed by atoms with van der Waals surface area (Å²) < 4.78 is 0. The average molecular weight is 290 g/mol. The van der Waals surface area contributed by atoms with Crippen LogP contribution in [0.2, 0.25) is 5.15 Å². The molecule has 0 spiro atoms. The predicted molar refractivity (Wildman–Crippen MR) is 84.4 cm³/mol. The molecular formula is C16H20ClN3. The number of nitrogens with zero attached hydrogens (tertiary/aromatic N) is 3. The molecule has 3 nitrogen and oxygen atoms in total. The van der Waals surface area contributed by atoms with Gasteiger partial charge in [0.1, 0.15) is 0 Å². The van der Waals surface area contributed by atoms with Crippen LogP contribution in [0.1, 0.15) is 32.6 Å². The van der Waals surface area contributed by atoms with Gasteiger partial charge in [0, 0.05) is 23.9 Å².